The van der Waals surface area contributed by atoms with Gasteiger partial charge in [0, 0.05) is 32.2 Å². The molecule has 5 heteroatoms. The summed E-state index contributed by atoms with van der Waals surface area (Å²) in [7, 11) is 0. The zero-order chi connectivity index (χ0) is 12.3. The van der Waals surface area contributed by atoms with Crippen molar-refractivity contribution < 1.29 is 9.90 Å². The predicted octanol–water partition coefficient (Wildman–Crippen LogP) is 1.60. The summed E-state index contributed by atoms with van der Waals surface area (Å²) in [4.78, 5) is 13.1. The van der Waals surface area contributed by atoms with Gasteiger partial charge in [-0.2, -0.15) is 0 Å². The maximum atomic E-state index is 10.7. The molecule has 4 nitrogen and oxygen atoms in total. The van der Waals surface area contributed by atoms with Crippen molar-refractivity contribution in [2.75, 3.05) is 19.6 Å². The van der Waals surface area contributed by atoms with Gasteiger partial charge in [-0.05, 0) is 24.6 Å². The van der Waals surface area contributed by atoms with Gasteiger partial charge in [0.15, 0.2) is 0 Å². The molecule has 1 aliphatic heterocycles. The second-order valence-corrected chi connectivity index (χ2v) is 4.53. The Labute approximate surface area is 113 Å². The first kappa shape index (κ1) is 15.0. The third-order valence-electron chi connectivity index (χ3n) is 3.23. The summed E-state index contributed by atoms with van der Waals surface area (Å²) in [5.41, 5.74) is 1.52. The highest BCUT2D eigenvalue weighted by Gasteiger charge is 2.17. The molecule has 1 heterocycles. The lowest BCUT2D eigenvalue weighted by atomic mass is 10.1. The van der Waals surface area contributed by atoms with E-state index < -0.39 is 5.97 Å². The van der Waals surface area contributed by atoms with Crippen molar-refractivity contribution in [1.29, 1.82) is 0 Å². The molecule has 0 aromatic heterocycles. The van der Waals surface area contributed by atoms with Crippen LogP contribution in [-0.2, 0) is 6.54 Å². The minimum atomic E-state index is -0.868. The van der Waals surface area contributed by atoms with E-state index in [1.165, 1.54) is 5.56 Å². The Kier molecular flexibility index (Phi) is 5.59. The zero-order valence-corrected chi connectivity index (χ0v) is 11.2. The molecule has 1 saturated heterocycles. The van der Waals surface area contributed by atoms with Gasteiger partial charge in [-0.25, -0.2) is 4.79 Å². The molecule has 2 rings (SSSR count). The first-order chi connectivity index (χ1) is 8.16. The Bertz CT molecular complexity index is 394. The third-order valence-corrected chi connectivity index (χ3v) is 3.23. The minimum absolute atomic E-state index is 0. The second kappa shape index (κ2) is 6.73. The van der Waals surface area contributed by atoms with Crippen molar-refractivity contribution in [1.82, 2.24) is 10.2 Å². The molecule has 100 valence electrons. The van der Waals surface area contributed by atoms with Crippen LogP contribution in [0.15, 0.2) is 24.3 Å². The average molecular weight is 271 g/mol. The molecule has 0 radical (unpaired) electrons. The molecule has 0 bridgehead atoms. The number of nitrogens with one attached hydrogen (secondary N) is 1. The van der Waals surface area contributed by atoms with Crippen molar-refractivity contribution in [2.45, 2.75) is 19.5 Å². The number of rotatable bonds is 3. The van der Waals surface area contributed by atoms with Gasteiger partial charge in [0.1, 0.15) is 0 Å². The smallest absolute Gasteiger partial charge is 0.335 e. The summed E-state index contributed by atoms with van der Waals surface area (Å²) >= 11 is 0. The van der Waals surface area contributed by atoms with Gasteiger partial charge in [-0.1, -0.05) is 12.1 Å². The van der Waals surface area contributed by atoms with Crippen LogP contribution in [0.5, 0.6) is 0 Å². The maximum absolute atomic E-state index is 10.7. The van der Waals surface area contributed by atoms with E-state index in [4.69, 9.17) is 5.11 Å². The maximum Gasteiger partial charge on any atom is 0.335 e. The SMILES string of the molecule is C[C@H]1CNCCN1Cc1ccc(C(=O)O)cc1.Cl. The molecule has 1 aliphatic rings. The summed E-state index contributed by atoms with van der Waals surface area (Å²) < 4.78 is 0. The van der Waals surface area contributed by atoms with E-state index in [1.807, 2.05) is 12.1 Å². The van der Waals surface area contributed by atoms with E-state index in [0.29, 0.717) is 11.6 Å². The summed E-state index contributed by atoms with van der Waals surface area (Å²) in [5, 5.41) is 12.2. The molecule has 0 aliphatic carbocycles. The van der Waals surface area contributed by atoms with Crippen LogP contribution in [0.4, 0.5) is 0 Å². The van der Waals surface area contributed by atoms with Gasteiger partial charge >= 0.3 is 5.97 Å². The van der Waals surface area contributed by atoms with E-state index in [9.17, 15) is 4.79 Å². The molecule has 0 unspecified atom stereocenters. The number of carboxylic acids is 1. The van der Waals surface area contributed by atoms with E-state index >= 15 is 0 Å². The topological polar surface area (TPSA) is 52.6 Å². The molecule has 2 N–H and O–H groups in total. The third kappa shape index (κ3) is 3.70. The molecular formula is C13H19ClN2O2. The Morgan fingerprint density at radius 1 is 1.44 bits per heavy atom. The Morgan fingerprint density at radius 3 is 2.67 bits per heavy atom. The number of halogens is 1. The number of aromatic carboxylic acids is 1. The lowest BCUT2D eigenvalue weighted by molar-refractivity contribution is 0.0697. The van der Waals surface area contributed by atoms with Gasteiger partial charge in [0.2, 0.25) is 0 Å². The average Bonchev–Trinajstić information content (AvgIpc) is 2.33. The molecule has 1 fully saturated rings. The Hall–Kier alpha value is -1.10. The molecule has 0 saturated carbocycles. The number of benzene rings is 1. The Balaban J connectivity index is 0.00000162. The minimum Gasteiger partial charge on any atom is -0.478 e. The number of hydrogen-bond acceptors (Lipinski definition) is 3. The molecule has 0 spiro atoms. The van der Waals surface area contributed by atoms with Crippen molar-refractivity contribution in [3.8, 4) is 0 Å². The van der Waals surface area contributed by atoms with E-state index in [-0.39, 0.29) is 12.4 Å². The fourth-order valence-electron chi connectivity index (χ4n) is 2.11. The molecule has 1 aromatic carbocycles. The first-order valence-electron chi connectivity index (χ1n) is 5.94. The van der Waals surface area contributed by atoms with Crippen LogP contribution >= 0.6 is 12.4 Å². The van der Waals surface area contributed by atoms with Gasteiger partial charge in [-0.15, -0.1) is 12.4 Å². The quantitative estimate of drug-likeness (QED) is 0.876. The number of carboxylic acid groups (broad SMARTS) is 1. The molecule has 0 amide bonds. The summed E-state index contributed by atoms with van der Waals surface area (Å²) in [6, 6.07) is 7.67. The molecule has 18 heavy (non-hydrogen) atoms. The molecular weight excluding hydrogens is 252 g/mol. The van der Waals surface area contributed by atoms with E-state index in [0.717, 1.165) is 26.2 Å². The number of hydrogen-bond donors (Lipinski definition) is 2. The van der Waals surface area contributed by atoms with Crippen molar-refractivity contribution in [3.63, 3.8) is 0 Å². The normalized spacial score (nSPS) is 20.2. The zero-order valence-electron chi connectivity index (χ0n) is 10.4. The van der Waals surface area contributed by atoms with Crippen LogP contribution in [0.1, 0.15) is 22.8 Å². The number of nitrogens with zero attached hydrogens (tertiary/aromatic N) is 1. The highest BCUT2D eigenvalue weighted by molar-refractivity contribution is 5.87. The lowest BCUT2D eigenvalue weighted by Gasteiger charge is -2.33. The number of carbonyl (C=O) groups is 1. The highest BCUT2D eigenvalue weighted by Crippen LogP contribution is 2.11. The molecule has 1 atom stereocenters. The van der Waals surface area contributed by atoms with E-state index in [2.05, 4.69) is 17.1 Å². The number of piperazine rings is 1. The van der Waals surface area contributed by atoms with Crippen LogP contribution in [0.25, 0.3) is 0 Å². The predicted molar refractivity (Wildman–Crippen MR) is 73.4 cm³/mol. The van der Waals surface area contributed by atoms with Gasteiger partial charge in [0.25, 0.3) is 0 Å². The summed E-state index contributed by atoms with van der Waals surface area (Å²) in [6.07, 6.45) is 0. The van der Waals surface area contributed by atoms with Crippen LogP contribution in [0.2, 0.25) is 0 Å². The standard InChI is InChI=1S/C13H18N2O2.ClH/c1-10-8-14-6-7-15(10)9-11-2-4-12(5-3-11)13(16)17;/h2-5,10,14H,6-9H2,1H3,(H,16,17);1H/t10-;/m0./s1. The largest absolute Gasteiger partial charge is 0.478 e. The van der Waals surface area contributed by atoms with Gasteiger partial charge in [-0.3, -0.25) is 4.90 Å². The van der Waals surface area contributed by atoms with E-state index in [1.54, 1.807) is 12.1 Å². The van der Waals surface area contributed by atoms with Crippen LogP contribution in [0, 0.1) is 0 Å². The van der Waals surface area contributed by atoms with Crippen LogP contribution in [0.3, 0.4) is 0 Å². The van der Waals surface area contributed by atoms with Crippen molar-refractivity contribution in [2.24, 2.45) is 0 Å². The van der Waals surface area contributed by atoms with Gasteiger partial charge in [0.05, 0.1) is 5.56 Å². The fourth-order valence-corrected chi connectivity index (χ4v) is 2.11. The highest BCUT2D eigenvalue weighted by atomic mass is 35.5. The van der Waals surface area contributed by atoms with Gasteiger partial charge < -0.3 is 10.4 Å². The second-order valence-electron chi connectivity index (χ2n) is 4.53. The Morgan fingerprint density at radius 2 is 2.11 bits per heavy atom. The van der Waals surface area contributed by atoms with Crippen LogP contribution in [-0.4, -0.2) is 41.7 Å². The fraction of sp³-hybridized carbons (Fsp3) is 0.462. The lowest BCUT2D eigenvalue weighted by Crippen LogP contribution is -2.49. The van der Waals surface area contributed by atoms with Crippen molar-refractivity contribution in [3.05, 3.63) is 35.4 Å². The summed E-state index contributed by atoms with van der Waals surface area (Å²) in [6.45, 7) is 6.19. The monoisotopic (exact) mass is 270 g/mol. The molecule has 1 aromatic rings. The first-order valence-corrected chi connectivity index (χ1v) is 5.94. The van der Waals surface area contributed by atoms with Crippen LogP contribution < -0.4 is 5.32 Å². The summed E-state index contributed by atoms with van der Waals surface area (Å²) in [5.74, 6) is -0.868. The van der Waals surface area contributed by atoms with Crippen molar-refractivity contribution >= 4 is 18.4 Å².